The zero-order valence-corrected chi connectivity index (χ0v) is 17.9. The van der Waals surface area contributed by atoms with Crippen molar-refractivity contribution < 1.29 is 14.3 Å². The SMILES string of the molecule is Cc1cnc(N2CCN(C(=O)c3ccc(N4CC(C)(C)OC4=O)nc3)CC2)c(C)c1. The van der Waals surface area contributed by atoms with E-state index in [9.17, 15) is 9.59 Å². The quantitative estimate of drug-likeness (QED) is 0.776. The lowest BCUT2D eigenvalue weighted by molar-refractivity contribution is 0.0745. The Labute approximate surface area is 176 Å². The van der Waals surface area contributed by atoms with E-state index in [0.717, 1.165) is 30.0 Å². The van der Waals surface area contributed by atoms with Crippen molar-refractivity contribution in [2.45, 2.75) is 33.3 Å². The Hall–Kier alpha value is -3.16. The van der Waals surface area contributed by atoms with Crippen LogP contribution in [0.3, 0.4) is 0 Å². The van der Waals surface area contributed by atoms with Crippen molar-refractivity contribution in [2.24, 2.45) is 0 Å². The van der Waals surface area contributed by atoms with E-state index < -0.39 is 11.7 Å². The molecule has 2 aromatic heterocycles. The van der Waals surface area contributed by atoms with E-state index in [4.69, 9.17) is 4.74 Å². The van der Waals surface area contributed by atoms with Crippen LogP contribution in [0.1, 0.15) is 35.3 Å². The van der Waals surface area contributed by atoms with Gasteiger partial charge in [0.25, 0.3) is 5.91 Å². The van der Waals surface area contributed by atoms with Gasteiger partial charge in [-0.2, -0.15) is 0 Å². The fourth-order valence-electron chi connectivity index (χ4n) is 3.96. The first-order valence-corrected chi connectivity index (χ1v) is 10.2. The first kappa shape index (κ1) is 20.1. The van der Waals surface area contributed by atoms with Gasteiger partial charge in [0.15, 0.2) is 0 Å². The van der Waals surface area contributed by atoms with Gasteiger partial charge in [0.1, 0.15) is 17.2 Å². The molecule has 30 heavy (non-hydrogen) atoms. The molecule has 0 aromatic carbocycles. The van der Waals surface area contributed by atoms with Crippen LogP contribution >= 0.6 is 0 Å². The van der Waals surface area contributed by atoms with Gasteiger partial charge in [-0.1, -0.05) is 6.07 Å². The maximum Gasteiger partial charge on any atom is 0.416 e. The molecule has 0 unspecified atom stereocenters. The summed E-state index contributed by atoms with van der Waals surface area (Å²) >= 11 is 0. The monoisotopic (exact) mass is 409 g/mol. The first-order chi connectivity index (χ1) is 14.2. The summed E-state index contributed by atoms with van der Waals surface area (Å²) in [6, 6.07) is 5.55. The van der Waals surface area contributed by atoms with Crippen LogP contribution in [0.15, 0.2) is 30.6 Å². The lowest BCUT2D eigenvalue weighted by Crippen LogP contribution is -2.49. The van der Waals surface area contributed by atoms with E-state index in [2.05, 4.69) is 27.9 Å². The first-order valence-electron chi connectivity index (χ1n) is 10.2. The molecule has 2 aliphatic heterocycles. The molecule has 4 heterocycles. The van der Waals surface area contributed by atoms with E-state index >= 15 is 0 Å². The average Bonchev–Trinajstić information content (AvgIpc) is 3.00. The zero-order chi connectivity index (χ0) is 21.5. The number of piperazine rings is 1. The second kappa shape index (κ2) is 7.59. The zero-order valence-electron chi connectivity index (χ0n) is 17.9. The summed E-state index contributed by atoms with van der Waals surface area (Å²) in [6.45, 7) is 11.0. The Kier molecular flexibility index (Phi) is 5.09. The topological polar surface area (TPSA) is 78.9 Å². The highest BCUT2D eigenvalue weighted by molar-refractivity contribution is 5.95. The third-order valence-electron chi connectivity index (χ3n) is 5.45. The molecule has 158 valence electrons. The second-order valence-corrected chi connectivity index (χ2v) is 8.55. The number of carbonyl (C=O) groups is 2. The maximum atomic E-state index is 12.9. The van der Waals surface area contributed by atoms with Gasteiger partial charge in [0.2, 0.25) is 0 Å². The molecule has 4 rings (SSSR count). The summed E-state index contributed by atoms with van der Waals surface area (Å²) < 4.78 is 5.31. The minimum atomic E-state index is -0.544. The molecule has 0 spiro atoms. The number of pyridine rings is 2. The normalized spacial score (nSPS) is 18.5. The summed E-state index contributed by atoms with van der Waals surface area (Å²) in [5, 5.41) is 0. The summed E-state index contributed by atoms with van der Waals surface area (Å²) in [7, 11) is 0. The Morgan fingerprint density at radius 3 is 2.37 bits per heavy atom. The Balaban J connectivity index is 1.39. The lowest BCUT2D eigenvalue weighted by atomic mass is 10.1. The minimum absolute atomic E-state index is 0.0494. The lowest BCUT2D eigenvalue weighted by Gasteiger charge is -2.36. The number of aryl methyl sites for hydroxylation is 2. The number of hydrogen-bond acceptors (Lipinski definition) is 6. The fourth-order valence-corrected chi connectivity index (χ4v) is 3.96. The van der Waals surface area contributed by atoms with Crippen LogP contribution in [0.25, 0.3) is 0 Å². The molecule has 0 bridgehead atoms. The molecule has 2 aliphatic rings. The van der Waals surface area contributed by atoms with Gasteiger partial charge in [-0.05, 0) is 51.0 Å². The molecule has 0 aliphatic carbocycles. The van der Waals surface area contributed by atoms with Crippen LogP contribution in [-0.2, 0) is 4.74 Å². The largest absolute Gasteiger partial charge is 0.441 e. The van der Waals surface area contributed by atoms with E-state index in [1.54, 1.807) is 12.1 Å². The minimum Gasteiger partial charge on any atom is -0.441 e. The molecule has 2 saturated heterocycles. The number of rotatable bonds is 3. The Bertz CT molecular complexity index is 965. The van der Waals surface area contributed by atoms with Crippen LogP contribution < -0.4 is 9.80 Å². The van der Waals surface area contributed by atoms with E-state index in [1.165, 1.54) is 11.1 Å². The third-order valence-corrected chi connectivity index (χ3v) is 5.45. The van der Waals surface area contributed by atoms with Crippen molar-refractivity contribution in [1.82, 2.24) is 14.9 Å². The molecule has 8 heteroatoms. The molecule has 0 N–H and O–H groups in total. The second-order valence-electron chi connectivity index (χ2n) is 8.55. The molecular weight excluding hydrogens is 382 g/mol. The Morgan fingerprint density at radius 1 is 1.07 bits per heavy atom. The molecule has 2 fully saturated rings. The highest BCUT2D eigenvalue weighted by Gasteiger charge is 2.39. The van der Waals surface area contributed by atoms with Crippen LogP contribution in [0.4, 0.5) is 16.4 Å². The van der Waals surface area contributed by atoms with Crippen molar-refractivity contribution >= 4 is 23.6 Å². The number of cyclic esters (lactones) is 1. The summed E-state index contributed by atoms with van der Waals surface area (Å²) in [5.41, 5.74) is 2.27. The summed E-state index contributed by atoms with van der Waals surface area (Å²) in [6.07, 6.45) is 3.00. The highest BCUT2D eigenvalue weighted by Crippen LogP contribution is 2.26. The number of amides is 2. The maximum absolute atomic E-state index is 12.9. The molecular formula is C22H27N5O3. The average molecular weight is 409 g/mol. The summed E-state index contributed by atoms with van der Waals surface area (Å²) in [4.78, 5) is 39.4. The van der Waals surface area contributed by atoms with Crippen molar-refractivity contribution in [3.05, 3.63) is 47.3 Å². The van der Waals surface area contributed by atoms with Crippen molar-refractivity contribution in [3.63, 3.8) is 0 Å². The third kappa shape index (κ3) is 3.94. The summed E-state index contributed by atoms with van der Waals surface area (Å²) in [5.74, 6) is 1.43. The smallest absolute Gasteiger partial charge is 0.416 e. The molecule has 0 atom stereocenters. The highest BCUT2D eigenvalue weighted by atomic mass is 16.6. The molecule has 2 aromatic rings. The van der Waals surface area contributed by atoms with E-state index in [1.807, 2.05) is 31.9 Å². The van der Waals surface area contributed by atoms with Gasteiger partial charge in [-0.15, -0.1) is 0 Å². The fraction of sp³-hybridized carbons (Fsp3) is 0.455. The van der Waals surface area contributed by atoms with Gasteiger partial charge in [-0.3, -0.25) is 9.69 Å². The molecule has 0 saturated carbocycles. The van der Waals surface area contributed by atoms with E-state index in [-0.39, 0.29) is 5.91 Å². The number of anilines is 2. The van der Waals surface area contributed by atoms with Gasteiger partial charge in [0, 0.05) is 38.6 Å². The van der Waals surface area contributed by atoms with Crippen LogP contribution in [-0.4, -0.2) is 65.2 Å². The van der Waals surface area contributed by atoms with Crippen molar-refractivity contribution in [1.29, 1.82) is 0 Å². The number of ether oxygens (including phenoxy) is 1. The number of hydrogen-bond donors (Lipinski definition) is 0. The van der Waals surface area contributed by atoms with Crippen LogP contribution in [0.5, 0.6) is 0 Å². The molecule has 8 nitrogen and oxygen atoms in total. The van der Waals surface area contributed by atoms with Crippen molar-refractivity contribution in [2.75, 3.05) is 42.5 Å². The number of carbonyl (C=O) groups excluding carboxylic acids is 2. The van der Waals surface area contributed by atoms with Crippen LogP contribution in [0, 0.1) is 13.8 Å². The molecule has 2 amide bonds. The van der Waals surface area contributed by atoms with Gasteiger partial charge in [0.05, 0.1) is 12.1 Å². The predicted molar refractivity (Wildman–Crippen MR) is 114 cm³/mol. The standard InChI is InChI=1S/C22H27N5O3/c1-15-11-16(2)19(24-12-15)25-7-9-26(10-8-25)20(28)17-5-6-18(23-13-17)27-14-22(3,4)30-21(27)29/h5-6,11-13H,7-10,14H2,1-4H3. The van der Waals surface area contributed by atoms with Gasteiger partial charge < -0.3 is 14.5 Å². The molecule has 0 radical (unpaired) electrons. The van der Waals surface area contributed by atoms with Crippen molar-refractivity contribution in [3.8, 4) is 0 Å². The van der Waals surface area contributed by atoms with Crippen LogP contribution in [0.2, 0.25) is 0 Å². The van der Waals surface area contributed by atoms with Gasteiger partial charge in [-0.25, -0.2) is 14.8 Å². The predicted octanol–water partition coefficient (Wildman–Crippen LogP) is 2.79. The van der Waals surface area contributed by atoms with E-state index in [0.29, 0.717) is 31.0 Å². The number of nitrogens with zero attached hydrogens (tertiary/aromatic N) is 5. The van der Waals surface area contributed by atoms with Gasteiger partial charge >= 0.3 is 6.09 Å². The Morgan fingerprint density at radius 2 is 1.80 bits per heavy atom. The number of aromatic nitrogens is 2.